The number of benzene rings is 1. The molecule has 4 heteroatoms. The Morgan fingerprint density at radius 2 is 2.30 bits per heavy atom. The largest absolute Gasteiger partial charge is 0.361 e. The summed E-state index contributed by atoms with van der Waals surface area (Å²) in [4.78, 5) is 19.8. The number of nitrogens with one attached hydrogen (secondary N) is 1. The van der Waals surface area contributed by atoms with Crippen molar-refractivity contribution in [3.63, 3.8) is 0 Å². The fourth-order valence-corrected chi connectivity index (χ4v) is 3.01. The molecule has 106 valence electrons. The van der Waals surface area contributed by atoms with Gasteiger partial charge in [0, 0.05) is 36.9 Å². The number of amides is 1. The zero-order chi connectivity index (χ0) is 14.1. The summed E-state index contributed by atoms with van der Waals surface area (Å²) in [5.74, 6) is 0.0989. The van der Waals surface area contributed by atoms with E-state index in [9.17, 15) is 4.79 Å². The van der Waals surface area contributed by atoms with Crippen molar-refractivity contribution in [3.8, 4) is 0 Å². The van der Waals surface area contributed by atoms with Crippen molar-refractivity contribution < 1.29 is 4.79 Å². The molecule has 0 bridgehead atoms. The number of likely N-dealkylation sites (tertiary alicyclic amines) is 1. The van der Waals surface area contributed by atoms with Crippen LogP contribution in [-0.2, 0) is 0 Å². The molecule has 3 rings (SSSR count). The Balaban J connectivity index is 1.73. The first-order valence-corrected chi connectivity index (χ1v) is 7.18. The molecule has 1 amide bonds. The van der Waals surface area contributed by atoms with Crippen LogP contribution >= 0.6 is 0 Å². The molecule has 1 aromatic heterocycles. The molecule has 1 N–H and O–H groups in total. The highest BCUT2D eigenvalue weighted by Crippen LogP contribution is 2.18. The van der Waals surface area contributed by atoms with E-state index in [0.29, 0.717) is 6.04 Å². The van der Waals surface area contributed by atoms with E-state index < -0.39 is 0 Å². The van der Waals surface area contributed by atoms with Gasteiger partial charge in [-0.2, -0.15) is 0 Å². The summed E-state index contributed by atoms with van der Waals surface area (Å²) in [6.45, 7) is 1.94. The Hall–Kier alpha value is -1.81. The number of likely N-dealkylation sites (N-methyl/N-ethyl adjacent to an activating group) is 2. The summed E-state index contributed by atoms with van der Waals surface area (Å²) < 4.78 is 0. The highest BCUT2D eigenvalue weighted by atomic mass is 16.2. The summed E-state index contributed by atoms with van der Waals surface area (Å²) >= 11 is 0. The smallest absolute Gasteiger partial charge is 0.253 e. The van der Waals surface area contributed by atoms with E-state index in [4.69, 9.17) is 0 Å². The van der Waals surface area contributed by atoms with Gasteiger partial charge in [0.2, 0.25) is 0 Å². The number of carbonyl (C=O) groups excluding carboxylic acids is 1. The Morgan fingerprint density at radius 1 is 1.45 bits per heavy atom. The van der Waals surface area contributed by atoms with Crippen LogP contribution < -0.4 is 0 Å². The van der Waals surface area contributed by atoms with E-state index in [0.717, 1.165) is 29.6 Å². The molecule has 0 saturated carbocycles. The van der Waals surface area contributed by atoms with Gasteiger partial charge in [-0.25, -0.2) is 0 Å². The number of hydrogen-bond donors (Lipinski definition) is 1. The van der Waals surface area contributed by atoms with Gasteiger partial charge in [0.25, 0.3) is 5.91 Å². The van der Waals surface area contributed by atoms with Gasteiger partial charge in [0.15, 0.2) is 0 Å². The molecule has 1 saturated heterocycles. The normalized spacial score (nSPS) is 19.6. The summed E-state index contributed by atoms with van der Waals surface area (Å²) in [6.07, 6.45) is 4.32. The van der Waals surface area contributed by atoms with Crippen LogP contribution in [-0.4, -0.2) is 53.9 Å². The Bertz CT molecular complexity index is 619. The number of H-pyrrole nitrogens is 1. The predicted octanol–water partition coefficient (Wildman–Crippen LogP) is 2.33. The third-order valence-corrected chi connectivity index (χ3v) is 4.30. The molecule has 1 aliphatic rings. The number of aromatic nitrogens is 1. The van der Waals surface area contributed by atoms with Crippen molar-refractivity contribution in [2.24, 2.45) is 0 Å². The van der Waals surface area contributed by atoms with E-state index >= 15 is 0 Å². The maximum absolute atomic E-state index is 12.5. The highest BCUT2D eigenvalue weighted by molar-refractivity contribution is 5.97. The van der Waals surface area contributed by atoms with Crippen molar-refractivity contribution in [1.82, 2.24) is 14.8 Å². The third-order valence-electron chi connectivity index (χ3n) is 4.30. The molecule has 20 heavy (non-hydrogen) atoms. The van der Waals surface area contributed by atoms with E-state index in [2.05, 4.69) is 16.9 Å². The fourth-order valence-electron chi connectivity index (χ4n) is 3.01. The molecule has 1 atom stereocenters. The first-order chi connectivity index (χ1) is 9.65. The van der Waals surface area contributed by atoms with E-state index in [1.54, 1.807) is 0 Å². The van der Waals surface area contributed by atoms with Crippen LogP contribution in [0.1, 0.15) is 23.2 Å². The molecule has 1 aromatic carbocycles. The minimum Gasteiger partial charge on any atom is -0.361 e. The molecule has 4 nitrogen and oxygen atoms in total. The fraction of sp³-hybridized carbons (Fsp3) is 0.438. The first kappa shape index (κ1) is 13.2. The lowest BCUT2D eigenvalue weighted by Gasteiger charge is -2.26. The second-order valence-corrected chi connectivity index (χ2v) is 5.74. The number of aromatic amines is 1. The second-order valence-electron chi connectivity index (χ2n) is 5.74. The van der Waals surface area contributed by atoms with Crippen LogP contribution in [0.15, 0.2) is 30.5 Å². The Kier molecular flexibility index (Phi) is 3.49. The van der Waals surface area contributed by atoms with Crippen molar-refractivity contribution in [3.05, 3.63) is 36.0 Å². The van der Waals surface area contributed by atoms with Gasteiger partial charge in [-0.15, -0.1) is 0 Å². The number of hydrogen-bond acceptors (Lipinski definition) is 2. The zero-order valence-corrected chi connectivity index (χ0v) is 12.1. The van der Waals surface area contributed by atoms with Crippen LogP contribution in [0, 0.1) is 0 Å². The predicted molar refractivity (Wildman–Crippen MR) is 80.9 cm³/mol. The average Bonchev–Trinajstić information content (AvgIpc) is 3.06. The molecular formula is C16H21N3O. The lowest BCUT2D eigenvalue weighted by molar-refractivity contribution is 0.0761. The lowest BCUT2D eigenvalue weighted by atomic mass is 10.1. The van der Waals surface area contributed by atoms with E-state index in [-0.39, 0.29) is 5.91 Å². The van der Waals surface area contributed by atoms with Crippen LogP contribution in [0.25, 0.3) is 10.9 Å². The van der Waals surface area contributed by atoms with Crippen molar-refractivity contribution in [1.29, 1.82) is 0 Å². The van der Waals surface area contributed by atoms with Gasteiger partial charge >= 0.3 is 0 Å². The van der Waals surface area contributed by atoms with Gasteiger partial charge < -0.3 is 14.8 Å². The molecule has 1 aliphatic heterocycles. The summed E-state index contributed by atoms with van der Waals surface area (Å²) in [5.41, 5.74) is 1.77. The molecule has 0 spiro atoms. The van der Waals surface area contributed by atoms with E-state index in [1.807, 2.05) is 42.4 Å². The highest BCUT2D eigenvalue weighted by Gasteiger charge is 2.24. The molecule has 0 aliphatic carbocycles. The topological polar surface area (TPSA) is 39.3 Å². The summed E-state index contributed by atoms with van der Waals surface area (Å²) in [6, 6.07) is 8.35. The molecular weight excluding hydrogens is 250 g/mol. The van der Waals surface area contributed by atoms with Crippen LogP contribution in [0.5, 0.6) is 0 Å². The Morgan fingerprint density at radius 3 is 3.05 bits per heavy atom. The second kappa shape index (κ2) is 5.29. The first-order valence-electron chi connectivity index (χ1n) is 7.18. The van der Waals surface area contributed by atoms with Gasteiger partial charge in [-0.05, 0) is 50.0 Å². The quantitative estimate of drug-likeness (QED) is 0.930. The number of nitrogens with zero attached hydrogens (tertiary/aromatic N) is 2. The van der Waals surface area contributed by atoms with Crippen molar-refractivity contribution in [2.45, 2.75) is 18.9 Å². The van der Waals surface area contributed by atoms with Crippen LogP contribution in [0.2, 0.25) is 0 Å². The van der Waals surface area contributed by atoms with E-state index in [1.165, 1.54) is 12.8 Å². The van der Waals surface area contributed by atoms with Crippen LogP contribution in [0.4, 0.5) is 0 Å². The molecule has 2 aromatic rings. The monoisotopic (exact) mass is 271 g/mol. The minimum atomic E-state index is 0.0989. The zero-order valence-electron chi connectivity index (χ0n) is 12.1. The number of rotatable bonds is 3. The number of carbonyl (C=O) groups is 1. The molecule has 0 radical (unpaired) electrons. The maximum atomic E-state index is 12.5. The molecule has 1 unspecified atom stereocenters. The SMILES string of the molecule is CN(CC1CCCN1C)C(=O)c1ccc2cc[nH]c2c1. The van der Waals surface area contributed by atoms with Gasteiger partial charge in [-0.1, -0.05) is 6.07 Å². The molecule has 2 heterocycles. The standard InChI is InChI=1S/C16H21N3O/c1-18-9-3-4-14(18)11-19(2)16(20)13-6-5-12-7-8-17-15(12)10-13/h5-8,10,14,17H,3-4,9,11H2,1-2H3. The summed E-state index contributed by atoms with van der Waals surface area (Å²) in [5, 5.41) is 1.14. The Labute approximate surface area is 119 Å². The van der Waals surface area contributed by atoms with Crippen molar-refractivity contribution >= 4 is 16.8 Å². The molecule has 1 fully saturated rings. The maximum Gasteiger partial charge on any atom is 0.253 e. The third kappa shape index (κ3) is 2.43. The van der Waals surface area contributed by atoms with Crippen molar-refractivity contribution in [2.75, 3.05) is 27.2 Å². The average molecular weight is 271 g/mol. The van der Waals surface area contributed by atoms with Crippen LogP contribution in [0.3, 0.4) is 0 Å². The number of fused-ring (bicyclic) bond motifs is 1. The lowest BCUT2D eigenvalue weighted by Crippen LogP contribution is -2.39. The van der Waals surface area contributed by atoms with Gasteiger partial charge in [0.05, 0.1) is 0 Å². The van der Waals surface area contributed by atoms with Gasteiger partial charge in [-0.3, -0.25) is 4.79 Å². The minimum absolute atomic E-state index is 0.0989. The van der Waals surface area contributed by atoms with Gasteiger partial charge in [0.1, 0.15) is 0 Å². The summed E-state index contributed by atoms with van der Waals surface area (Å²) in [7, 11) is 4.04.